The Labute approximate surface area is 123 Å². The molecule has 0 heterocycles. The van der Waals surface area contributed by atoms with Crippen LogP contribution >= 0.6 is 0 Å². The lowest BCUT2D eigenvalue weighted by atomic mass is 9.82. The molecule has 2 rings (SSSR count). The lowest BCUT2D eigenvalue weighted by molar-refractivity contribution is 0.301. The van der Waals surface area contributed by atoms with Gasteiger partial charge in [0.2, 0.25) is 0 Å². The molecule has 0 radical (unpaired) electrons. The summed E-state index contributed by atoms with van der Waals surface area (Å²) in [5, 5.41) is 3.68. The molecular formula is C18H29NO. The number of hydrogen-bond donors (Lipinski definition) is 1. The van der Waals surface area contributed by atoms with Gasteiger partial charge in [-0.15, -0.1) is 0 Å². The Morgan fingerprint density at radius 3 is 2.60 bits per heavy atom. The fourth-order valence-electron chi connectivity index (χ4n) is 3.49. The predicted octanol–water partition coefficient (Wildman–Crippen LogP) is 4.62. The van der Waals surface area contributed by atoms with Crippen molar-refractivity contribution in [3.63, 3.8) is 0 Å². The highest BCUT2D eigenvalue weighted by Gasteiger charge is 2.20. The molecule has 1 aliphatic rings. The number of hydrogen-bond acceptors (Lipinski definition) is 2. The third kappa shape index (κ3) is 3.99. The van der Waals surface area contributed by atoms with Crippen LogP contribution in [-0.2, 0) is 0 Å². The van der Waals surface area contributed by atoms with Crippen LogP contribution in [-0.4, -0.2) is 13.7 Å². The zero-order chi connectivity index (χ0) is 14.4. The van der Waals surface area contributed by atoms with E-state index in [-0.39, 0.29) is 0 Å². The average Bonchev–Trinajstić information content (AvgIpc) is 2.48. The minimum atomic E-state index is 0.494. The van der Waals surface area contributed by atoms with Crippen molar-refractivity contribution in [2.75, 3.05) is 13.7 Å². The van der Waals surface area contributed by atoms with E-state index >= 15 is 0 Å². The van der Waals surface area contributed by atoms with Crippen LogP contribution in [0.5, 0.6) is 5.75 Å². The van der Waals surface area contributed by atoms with Crippen LogP contribution in [0.25, 0.3) is 0 Å². The molecule has 0 aromatic heterocycles. The fraction of sp³-hybridized carbons (Fsp3) is 0.667. The van der Waals surface area contributed by atoms with Crippen LogP contribution in [0.15, 0.2) is 18.2 Å². The van der Waals surface area contributed by atoms with E-state index in [9.17, 15) is 0 Å². The van der Waals surface area contributed by atoms with Gasteiger partial charge in [0.1, 0.15) is 5.75 Å². The van der Waals surface area contributed by atoms with E-state index in [2.05, 4.69) is 37.4 Å². The van der Waals surface area contributed by atoms with Crippen molar-refractivity contribution in [1.82, 2.24) is 5.32 Å². The first-order chi connectivity index (χ1) is 9.74. The van der Waals surface area contributed by atoms with E-state index in [1.165, 1.54) is 49.7 Å². The van der Waals surface area contributed by atoms with Crippen molar-refractivity contribution in [3.8, 4) is 5.75 Å². The number of ether oxygens (including phenoxy) is 1. The van der Waals surface area contributed by atoms with E-state index in [4.69, 9.17) is 4.74 Å². The zero-order valence-corrected chi connectivity index (χ0v) is 13.2. The van der Waals surface area contributed by atoms with Gasteiger partial charge in [-0.3, -0.25) is 0 Å². The van der Waals surface area contributed by atoms with Crippen LogP contribution in [0, 0.1) is 12.8 Å². The Balaban J connectivity index is 2.10. The summed E-state index contributed by atoms with van der Waals surface area (Å²) in [5.74, 6) is 1.86. The van der Waals surface area contributed by atoms with Gasteiger partial charge in [0.05, 0.1) is 7.11 Å². The third-order valence-electron chi connectivity index (χ3n) is 4.60. The maximum atomic E-state index is 5.32. The molecule has 1 atom stereocenters. The summed E-state index contributed by atoms with van der Waals surface area (Å²) in [4.78, 5) is 0. The second-order valence-corrected chi connectivity index (χ2v) is 6.07. The van der Waals surface area contributed by atoms with Crippen LogP contribution < -0.4 is 10.1 Å². The standard InChI is InChI=1S/C18H29NO/c1-4-19-18(13-15-8-6-5-7-9-15)17-11-10-16(20-3)12-14(17)2/h10-12,15,18-19H,4-9,13H2,1-3H3. The third-order valence-corrected chi connectivity index (χ3v) is 4.60. The molecule has 1 aromatic rings. The van der Waals surface area contributed by atoms with Gasteiger partial charge < -0.3 is 10.1 Å². The van der Waals surface area contributed by atoms with Crippen molar-refractivity contribution in [2.45, 2.75) is 58.4 Å². The van der Waals surface area contributed by atoms with Crippen molar-refractivity contribution >= 4 is 0 Å². The monoisotopic (exact) mass is 275 g/mol. The minimum absolute atomic E-state index is 0.494. The van der Waals surface area contributed by atoms with Crippen molar-refractivity contribution in [3.05, 3.63) is 29.3 Å². The highest BCUT2D eigenvalue weighted by molar-refractivity contribution is 5.36. The summed E-state index contributed by atoms with van der Waals surface area (Å²) in [6, 6.07) is 6.98. The van der Waals surface area contributed by atoms with Crippen LogP contribution in [0.1, 0.15) is 62.6 Å². The maximum Gasteiger partial charge on any atom is 0.119 e. The maximum absolute atomic E-state index is 5.32. The molecule has 1 N–H and O–H groups in total. The van der Waals surface area contributed by atoms with Gasteiger partial charge in [0, 0.05) is 6.04 Å². The Kier molecular flexibility index (Phi) is 5.90. The first-order valence-corrected chi connectivity index (χ1v) is 8.12. The topological polar surface area (TPSA) is 21.3 Å². The number of methoxy groups -OCH3 is 1. The Hall–Kier alpha value is -1.02. The first kappa shape index (κ1) is 15.4. The number of aryl methyl sites for hydroxylation is 1. The molecule has 1 unspecified atom stereocenters. The first-order valence-electron chi connectivity index (χ1n) is 8.12. The summed E-state index contributed by atoms with van der Waals surface area (Å²) in [6.07, 6.45) is 8.38. The average molecular weight is 275 g/mol. The molecule has 1 saturated carbocycles. The van der Waals surface area contributed by atoms with Crippen LogP contribution in [0.4, 0.5) is 0 Å². The number of nitrogens with one attached hydrogen (secondary N) is 1. The van der Waals surface area contributed by atoms with Crippen molar-refractivity contribution in [2.24, 2.45) is 5.92 Å². The summed E-state index contributed by atoms with van der Waals surface area (Å²) in [7, 11) is 1.73. The van der Waals surface area contributed by atoms with Crippen molar-refractivity contribution in [1.29, 1.82) is 0 Å². The van der Waals surface area contributed by atoms with Gasteiger partial charge in [-0.05, 0) is 49.1 Å². The van der Waals surface area contributed by atoms with E-state index in [0.29, 0.717) is 6.04 Å². The fourth-order valence-corrected chi connectivity index (χ4v) is 3.49. The van der Waals surface area contributed by atoms with E-state index in [1.54, 1.807) is 7.11 Å². The van der Waals surface area contributed by atoms with Gasteiger partial charge >= 0.3 is 0 Å². The zero-order valence-electron chi connectivity index (χ0n) is 13.2. The number of benzene rings is 1. The molecular weight excluding hydrogens is 246 g/mol. The van der Waals surface area contributed by atoms with E-state index in [0.717, 1.165) is 18.2 Å². The Morgan fingerprint density at radius 2 is 2.00 bits per heavy atom. The molecule has 0 bridgehead atoms. The molecule has 112 valence electrons. The van der Waals surface area contributed by atoms with E-state index < -0.39 is 0 Å². The molecule has 1 aliphatic carbocycles. The summed E-state index contributed by atoms with van der Waals surface area (Å²) >= 11 is 0. The molecule has 0 amide bonds. The SMILES string of the molecule is CCNC(CC1CCCCC1)c1ccc(OC)cc1C. The smallest absolute Gasteiger partial charge is 0.119 e. The lowest BCUT2D eigenvalue weighted by Crippen LogP contribution is -2.25. The molecule has 0 spiro atoms. The highest BCUT2D eigenvalue weighted by Crippen LogP contribution is 2.33. The van der Waals surface area contributed by atoms with E-state index in [1.807, 2.05) is 0 Å². The normalized spacial score (nSPS) is 17.9. The molecule has 0 saturated heterocycles. The van der Waals surface area contributed by atoms with Gasteiger partial charge in [-0.25, -0.2) is 0 Å². The largest absolute Gasteiger partial charge is 0.497 e. The van der Waals surface area contributed by atoms with Gasteiger partial charge in [-0.2, -0.15) is 0 Å². The Bertz CT molecular complexity index is 410. The van der Waals surface area contributed by atoms with Crippen LogP contribution in [0.3, 0.4) is 0 Å². The Morgan fingerprint density at radius 1 is 1.25 bits per heavy atom. The predicted molar refractivity (Wildman–Crippen MR) is 85.3 cm³/mol. The second kappa shape index (κ2) is 7.68. The molecule has 2 heteroatoms. The highest BCUT2D eigenvalue weighted by atomic mass is 16.5. The quantitative estimate of drug-likeness (QED) is 0.817. The van der Waals surface area contributed by atoms with Crippen LogP contribution in [0.2, 0.25) is 0 Å². The summed E-state index contributed by atoms with van der Waals surface area (Å²) in [6.45, 7) is 5.43. The summed E-state index contributed by atoms with van der Waals surface area (Å²) < 4.78 is 5.32. The molecule has 2 nitrogen and oxygen atoms in total. The molecule has 0 aliphatic heterocycles. The second-order valence-electron chi connectivity index (χ2n) is 6.07. The molecule has 1 aromatic carbocycles. The van der Waals surface area contributed by atoms with Crippen molar-refractivity contribution < 1.29 is 4.74 Å². The summed E-state index contributed by atoms with van der Waals surface area (Å²) in [5.41, 5.74) is 2.78. The molecule has 20 heavy (non-hydrogen) atoms. The van der Waals surface area contributed by atoms with Gasteiger partial charge in [0.15, 0.2) is 0 Å². The minimum Gasteiger partial charge on any atom is -0.497 e. The molecule has 1 fully saturated rings. The van der Waals surface area contributed by atoms with Gasteiger partial charge in [-0.1, -0.05) is 45.1 Å². The van der Waals surface area contributed by atoms with Gasteiger partial charge in [0.25, 0.3) is 0 Å². The lowest BCUT2D eigenvalue weighted by Gasteiger charge is -2.28. The number of rotatable bonds is 6.